The van der Waals surface area contributed by atoms with Crippen molar-refractivity contribution in [1.82, 2.24) is 10.2 Å². The van der Waals surface area contributed by atoms with Crippen molar-refractivity contribution in [2.24, 2.45) is 0 Å². The van der Waals surface area contributed by atoms with Crippen LogP contribution < -0.4 is 5.32 Å². The standard InChI is InChI=1S/C11H19N3O/c1-11(2,3)9-5-6-10(14-13-9)12-7-8-15-4/h5-6H,7-8H2,1-4H3,(H,12,14). The normalized spacial score (nSPS) is 11.5. The van der Waals surface area contributed by atoms with Gasteiger partial charge in [-0.1, -0.05) is 20.8 Å². The molecule has 4 nitrogen and oxygen atoms in total. The lowest BCUT2D eigenvalue weighted by Gasteiger charge is -2.16. The van der Waals surface area contributed by atoms with Crippen LogP contribution in [0.5, 0.6) is 0 Å². The first-order valence-electron chi connectivity index (χ1n) is 5.11. The van der Waals surface area contributed by atoms with Crippen LogP contribution in [0.4, 0.5) is 5.82 Å². The van der Waals surface area contributed by atoms with E-state index in [0.29, 0.717) is 6.61 Å². The average Bonchev–Trinajstić information content (AvgIpc) is 2.18. The van der Waals surface area contributed by atoms with Crippen molar-refractivity contribution in [3.8, 4) is 0 Å². The average molecular weight is 209 g/mol. The van der Waals surface area contributed by atoms with Gasteiger partial charge in [-0.2, -0.15) is 5.10 Å². The third kappa shape index (κ3) is 3.83. The van der Waals surface area contributed by atoms with Gasteiger partial charge in [0, 0.05) is 19.1 Å². The highest BCUT2D eigenvalue weighted by Crippen LogP contribution is 2.19. The van der Waals surface area contributed by atoms with Crippen LogP contribution in [-0.4, -0.2) is 30.5 Å². The number of rotatable bonds is 4. The van der Waals surface area contributed by atoms with Gasteiger partial charge in [-0.3, -0.25) is 0 Å². The number of ether oxygens (including phenoxy) is 1. The Morgan fingerprint density at radius 3 is 2.47 bits per heavy atom. The molecule has 1 aromatic heterocycles. The molecule has 0 amide bonds. The third-order valence-electron chi connectivity index (χ3n) is 2.05. The summed E-state index contributed by atoms with van der Waals surface area (Å²) in [5, 5.41) is 11.4. The summed E-state index contributed by atoms with van der Waals surface area (Å²) in [6.07, 6.45) is 0. The zero-order valence-corrected chi connectivity index (χ0v) is 9.87. The second-order valence-corrected chi connectivity index (χ2v) is 4.47. The van der Waals surface area contributed by atoms with Gasteiger partial charge >= 0.3 is 0 Å². The summed E-state index contributed by atoms with van der Waals surface area (Å²) in [4.78, 5) is 0. The lowest BCUT2D eigenvalue weighted by atomic mass is 9.92. The summed E-state index contributed by atoms with van der Waals surface area (Å²) >= 11 is 0. The molecule has 0 saturated heterocycles. The van der Waals surface area contributed by atoms with Gasteiger partial charge < -0.3 is 10.1 Å². The maximum absolute atomic E-state index is 4.93. The van der Waals surface area contributed by atoms with E-state index in [1.54, 1.807) is 7.11 Å². The zero-order chi connectivity index (χ0) is 11.3. The molecule has 0 radical (unpaired) electrons. The van der Waals surface area contributed by atoms with E-state index >= 15 is 0 Å². The van der Waals surface area contributed by atoms with Crippen molar-refractivity contribution in [2.75, 3.05) is 25.6 Å². The Labute approximate surface area is 91.1 Å². The van der Waals surface area contributed by atoms with E-state index in [1.165, 1.54) is 0 Å². The molecule has 0 bridgehead atoms. The lowest BCUT2D eigenvalue weighted by Crippen LogP contribution is -2.15. The van der Waals surface area contributed by atoms with E-state index in [2.05, 4.69) is 36.3 Å². The minimum absolute atomic E-state index is 0.0536. The molecule has 1 heterocycles. The Kier molecular flexibility index (Phi) is 4.03. The van der Waals surface area contributed by atoms with E-state index in [-0.39, 0.29) is 5.41 Å². The Bertz CT molecular complexity index is 290. The number of aromatic nitrogens is 2. The molecular formula is C11H19N3O. The van der Waals surface area contributed by atoms with E-state index in [1.807, 2.05) is 12.1 Å². The predicted octanol–water partition coefficient (Wildman–Crippen LogP) is 1.83. The van der Waals surface area contributed by atoms with E-state index in [9.17, 15) is 0 Å². The summed E-state index contributed by atoms with van der Waals surface area (Å²) in [5.41, 5.74) is 1.05. The maximum atomic E-state index is 4.93. The molecule has 0 atom stereocenters. The van der Waals surface area contributed by atoms with Crippen LogP contribution in [0.2, 0.25) is 0 Å². The number of nitrogens with one attached hydrogen (secondary N) is 1. The summed E-state index contributed by atoms with van der Waals surface area (Å²) in [6, 6.07) is 3.95. The van der Waals surface area contributed by atoms with Crippen molar-refractivity contribution in [3.05, 3.63) is 17.8 Å². The first kappa shape index (κ1) is 11.9. The van der Waals surface area contributed by atoms with Crippen LogP contribution in [-0.2, 0) is 10.2 Å². The van der Waals surface area contributed by atoms with E-state index < -0.39 is 0 Å². The highest BCUT2D eigenvalue weighted by Gasteiger charge is 2.15. The smallest absolute Gasteiger partial charge is 0.148 e. The zero-order valence-electron chi connectivity index (χ0n) is 9.87. The quantitative estimate of drug-likeness (QED) is 0.768. The summed E-state index contributed by atoms with van der Waals surface area (Å²) in [5.74, 6) is 0.792. The minimum atomic E-state index is 0.0536. The minimum Gasteiger partial charge on any atom is -0.383 e. The number of nitrogens with zero attached hydrogens (tertiary/aromatic N) is 2. The van der Waals surface area contributed by atoms with Gasteiger partial charge in [0.25, 0.3) is 0 Å². The topological polar surface area (TPSA) is 47.0 Å². The molecule has 0 aliphatic rings. The Morgan fingerprint density at radius 1 is 1.27 bits per heavy atom. The Hall–Kier alpha value is -1.16. The van der Waals surface area contributed by atoms with Crippen LogP contribution in [0.25, 0.3) is 0 Å². The molecule has 0 aromatic carbocycles. The Balaban J connectivity index is 2.57. The monoisotopic (exact) mass is 209 g/mol. The molecule has 84 valence electrons. The van der Waals surface area contributed by atoms with Crippen LogP contribution in [0.15, 0.2) is 12.1 Å². The highest BCUT2D eigenvalue weighted by atomic mass is 16.5. The molecule has 0 spiro atoms. The maximum Gasteiger partial charge on any atom is 0.148 e. The van der Waals surface area contributed by atoms with Crippen LogP contribution in [0.1, 0.15) is 26.5 Å². The third-order valence-corrected chi connectivity index (χ3v) is 2.05. The fourth-order valence-electron chi connectivity index (χ4n) is 1.11. The van der Waals surface area contributed by atoms with Crippen molar-refractivity contribution >= 4 is 5.82 Å². The molecule has 0 fully saturated rings. The molecule has 0 unspecified atom stereocenters. The molecule has 1 aromatic rings. The van der Waals surface area contributed by atoms with Gasteiger partial charge in [0.1, 0.15) is 5.82 Å². The molecule has 4 heteroatoms. The first-order valence-corrected chi connectivity index (χ1v) is 5.11. The second-order valence-electron chi connectivity index (χ2n) is 4.47. The second kappa shape index (κ2) is 5.07. The van der Waals surface area contributed by atoms with E-state index in [4.69, 9.17) is 4.74 Å². The number of hydrogen-bond acceptors (Lipinski definition) is 4. The molecule has 15 heavy (non-hydrogen) atoms. The Morgan fingerprint density at radius 2 is 2.00 bits per heavy atom. The largest absolute Gasteiger partial charge is 0.383 e. The summed E-state index contributed by atoms with van der Waals surface area (Å²) in [7, 11) is 1.68. The first-order chi connectivity index (χ1) is 7.04. The van der Waals surface area contributed by atoms with Crippen LogP contribution >= 0.6 is 0 Å². The molecule has 0 aliphatic carbocycles. The van der Waals surface area contributed by atoms with Gasteiger partial charge in [-0.25, -0.2) is 0 Å². The van der Waals surface area contributed by atoms with Crippen LogP contribution in [0, 0.1) is 0 Å². The molecule has 0 saturated carbocycles. The van der Waals surface area contributed by atoms with Crippen molar-refractivity contribution in [3.63, 3.8) is 0 Å². The number of methoxy groups -OCH3 is 1. The summed E-state index contributed by atoms with van der Waals surface area (Å²) < 4.78 is 4.93. The SMILES string of the molecule is COCCNc1ccc(C(C)(C)C)nn1. The molecule has 1 N–H and O–H groups in total. The van der Waals surface area contributed by atoms with Gasteiger partial charge in [0.05, 0.1) is 12.3 Å². The molecule has 0 aliphatic heterocycles. The molecule has 1 rings (SSSR count). The van der Waals surface area contributed by atoms with Gasteiger partial charge in [-0.15, -0.1) is 5.10 Å². The van der Waals surface area contributed by atoms with Crippen LogP contribution in [0.3, 0.4) is 0 Å². The van der Waals surface area contributed by atoms with Gasteiger partial charge in [0.2, 0.25) is 0 Å². The van der Waals surface area contributed by atoms with E-state index in [0.717, 1.165) is 18.1 Å². The van der Waals surface area contributed by atoms with Crippen molar-refractivity contribution < 1.29 is 4.74 Å². The number of hydrogen-bond donors (Lipinski definition) is 1. The summed E-state index contributed by atoms with van der Waals surface area (Å²) in [6.45, 7) is 7.78. The van der Waals surface area contributed by atoms with Gasteiger partial charge in [-0.05, 0) is 12.1 Å². The predicted molar refractivity (Wildman–Crippen MR) is 61.1 cm³/mol. The van der Waals surface area contributed by atoms with Gasteiger partial charge in [0.15, 0.2) is 0 Å². The highest BCUT2D eigenvalue weighted by molar-refractivity contribution is 5.33. The lowest BCUT2D eigenvalue weighted by molar-refractivity contribution is 0.210. The fraction of sp³-hybridized carbons (Fsp3) is 0.636. The molecular weight excluding hydrogens is 190 g/mol. The van der Waals surface area contributed by atoms with Crippen molar-refractivity contribution in [1.29, 1.82) is 0 Å². The number of anilines is 1. The fourth-order valence-corrected chi connectivity index (χ4v) is 1.11. The van der Waals surface area contributed by atoms with Crippen molar-refractivity contribution in [2.45, 2.75) is 26.2 Å².